The Kier molecular flexibility index (Phi) is 4.50. The molecule has 1 aromatic rings. The van der Waals surface area contributed by atoms with Crippen LogP contribution < -0.4 is 0 Å². The average molecular weight is 304 g/mol. The largest absolute Gasteiger partial charge is 0.396 e. The number of nitrogens with zero attached hydrogens (tertiary/aromatic N) is 1. The first-order valence-electron chi connectivity index (χ1n) is 6.32. The highest BCUT2D eigenvalue weighted by Crippen LogP contribution is 2.30. The highest BCUT2D eigenvalue weighted by molar-refractivity contribution is 7.89. The zero-order valence-electron chi connectivity index (χ0n) is 10.8. The van der Waals surface area contributed by atoms with Gasteiger partial charge in [0.25, 0.3) is 0 Å². The zero-order chi connectivity index (χ0) is 14.0. The van der Waals surface area contributed by atoms with E-state index in [4.69, 9.17) is 16.7 Å². The highest BCUT2D eigenvalue weighted by Gasteiger charge is 2.33. The topological polar surface area (TPSA) is 57.6 Å². The van der Waals surface area contributed by atoms with E-state index >= 15 is 0 Å². The minimum Gasteiger partial charge on any atom is -0.396 e. The van der Waals surface area contributed by atoms with Gasteiger partial charge in [0, 0.05) is 19.7 Å². The van der Waals surface area contributed by atoms with E-state index in [-0.39, 0.29) is 22.4 Å². The Morgan fingerprint density at radius 2 is 2.21 bits per heavy atom. The van der Waals surface area contributed by atoms with Crippen LogP contribution in [0.4, 0.5) is 0 Å². The number of sulfonamides is 1. The Bertz CT molecular complexity index is 559. The molecule has 19 heavy (non-hydrogen) atoms. The van der Waals surface area contributed by atoms with E-state index in [0.29, 0.717) is 19.5 Å². The van der Waals surface area contributed by atoms with Crippen LogP contribution in [-0.4, -0.2) is 37.5 Å². The highest BCUT2D eigenvalue weighted by atomic mass is 35.5. The van der Waals surface area contributed by atoms with Gasteiger partial charge in [-0.25, -0.2) is 8.42 Å². The maximum absolute atomic E-state index is 12.5. The summed E-state index contributed by atoms with van der Waals surface area (Å²) in [5.74, 6) is 0.240. The third-order valence-corrected chi connectivity index (χ3v) is 5.84. The van der Waals surface area contributed by atoms with Crippen LogP contribution in [-0.2, 0) is 10.0 Å². The third kappa shape index (κ3) is 3.11. The molecule has 0 saturated carbocycles. The first kappa shape index (κ1) is 14.8. The predicted octanol–water partition coefficient (Wildman–Crippen LogP) is 2.04. The van der Waals surface area contributed by atoms with Crippen LogP contribution in [0.3, 0.4) is 0 Å². The molecule has 0 aliphatic carbocycles. The molecule has 0 spiro atoms. The molecular weight excluding hydrogens is 286 g/mol. The monoisotopic (exact) mass is 303 g/mol. The molecule has 1 heterocycles. The van der Waals surface area contributed by atoms with Gasteiger partial charge < -0.3 is 5.11 Å². The Balaban J connectivity index is 2.23. The number of benzene rings is 1. The summed E-state index contributed by atoms with van der Waals surface area (Å²) in [5.41, 5.74) is 0.934. The quantitative estimate of drug-likeness (QED) is 0.926. The van der Waals surface area contributed by atoms with Crippen LogP contribution >= 0.6 is 11.6 Å². The molecule has 1 fully saturated rings. The molecule has 6 heteroatoms. The Morgan fingerprint density at radius 1 is 1.47 bits per heavy atom. The number of aryl methyl sites for hydroxylation is 1. The summed E-state index contributed by atoms with van der Waals surface area (Å²) in [7, 11) is -3.52. The van der Waals surface area contributed by atoms with Crippen LogP contribution in [0.15, 0.2) is 23.1 Å². The van der Waals surface area contributed by atoms with E-state index < -0.39 is 10.0 Å². The van der Waals surface area contributed by atoms with Gasteiger partial charge in [-0.15, -0.1) is 0 Å². The van der Waals surface area contributed by atoms with E-state index in [1.807, 2.05) is 6.92 Å². The summed E-state index contributed by atoms with van der Waals surface area (Å²) in [6.07, 6.45) is 1.44. The number of rotatable bonds is 4. The second-order valence-corrected chi connectivity index (χ2v) is 7.28. The molecule has 1 N–H and O–H groups in total. The molecule has 1 saturated heterocycles. The van der Waals surface area contributed by atoms with Crippen LogP contribution in [0.2, 0.25) is 5.02 Å². The fraction of sp³-hybridized carbons (Fsp3) is 0.538. The second-order valence-electron chi connectivity index (χ2n) is 4.96. The molecule has 0 radical (unpaired) electrons. The van der Waals surface area contributed by atoms with Gasteiger partial charge >= 0.3 is 0 Å². The van der Waals surface area contributed by atoms with Crippen molar-refractivity contribution in [2.45, 2.75) is 24.7 Å². The van der Waals surface area contributed by atoms with Crippen molar-refractivity contribution in [2.24, 2.45) is 5.92 Å². The molecule has 2 rings (SSSR count). The summed E-state index contributed by atoms with van der Waals surface area (Å²) in [6, 6.07) is 4.97. The van der Waals surface area contributed by atoms with Gasteiger partial charge in [-0.1, -0.05) is 17.7 Å². The predicted molar refractivity (Wildman–Crippen MR) is 74.8 cm³/mol. The number of aliphatic hydroxyl groups excluding tert-OH is 1. The van der Waals surface area contributed by atoms with E-state index in [1.54, 1.807) is 18.2 Å². The second kappa shape index (κ2) is 5.79. The normalized spacial score (nSPS) is 20.9. The molecule has 1 aromatic carbocycles. The molecule has 0 amide bonds. The van der Waals surface area contributed by atoms with Crippen molar-refractivity contribution < 1.29 is 13.5 Å². The van der Waals surface area contributed by atoms with Gasteiger partial charge in [0.15, 0.2) is 0 Å². The fourth-order valence-corrected chi connectivity index (χ4v) is 4.49. The molecular formula is C13H18ClNO3S. The fourth-order valence-electron chi connectivity index (χ4n) is 2.39. The Labute approximate surface area is 119 Å². The lowest BCUT2D eigenvalue weighted by Gasteiger charge is -2.17. The van der Waals surface area contributed by atoms with Crippen molar-refractivity contribution in [2.75, 3.05) is 19.7 Å². The maximum atomic E-state index is 12.5. The first-order valence-corrected chi connectivity index (χ1v) is 8.14. The van der Waals surface area contributed by atoms with Gasteiger partial charge in [-0.2, -0.15) is 4.31 Å². The van der Waals surface area contributed by atoms with Gasteiger partial charge in [0.1, 0.15) is 4.90 Å². The standard InChI is InChI=1S/C13H18ClNO3S/c1-10-2-3-13(12(14)8-10)19(17,18)15-6-4-11(9-15)5-7-16/h2-3,8,11,16H,4-7,9H2,1H3. The number of hydrogen-bond donors (Lipinski definition) is 1. The van der Waals surface area contributed by atoms with Gasteiger partial charge in [-0.3, -0.25) is 0 Å². The Hall–Kier alpha value is -0.620. The minimum atomic E-state index is -3.52. The van der Waals surface area contributed by atoms with E-state index in [2.05, 4.69) is 0 Å². The molecule has 0 bridgehead atoms. The van der Waals surface area contributed by atoms with Gasteiger partial charge in [-0.05, 0) is 43.4 Å². The summed E-state index contributed by atoms with van der Waals surface area (Å²) < 4.78 is 26.5. The molecule has 1 aliphatic rings. The average Bonchev–Trinajstić information content (AvgIpc) is 2.78. The zero-order valence-corrected chi connectivity index (χ0v) is 12.4. The number of halogens is 1. The summed E-state index contributed by atoms with van der Waals surface area (Å²) in [5, 5.41) is 9.19. The molecule has 1 atom stereocenters. The first-order chi connectivity index (χ1) is 8.95. The van der Waals surface area contributed by atoms with E-state index in [9.17, 15) is 8.42 Å². The van der Waals surface area contributed by atoms with Crippen molar-refractivity contribution in [1.82, 2.24) is 4.31 Å². The molecule has 4 nitrogen and oxygen atoms in total. The summed E-state index contributed by atoms with van der Waals surface area (Å²) >= 11 is 6.04. The Morgan fingerprint density at radius 3 is 2.84 bits per heavy atom. The molecule has 1 unspecified atom stereocenters. The smallest absolute Gasteiger partial charge is 0.244 e. The lowest BCUT2D eigenvalue weighted by atomic mass is 10.1. The van der Waals surface area contributed by atoms with Crippen molar-refractivity contribution in [1.29, 1.82) is 0 Å². The van der Waals surface area contributed by atoms with Crippen LogP contribution in [0.1, 0.15) is 18.4 Å². The van der Waals surface area contributed by atoms with Crippen molar-refractivity contribution in [3.63, 3.8) is 0 Å². The van der Waals surface area contributed by atoms with E-state index in [1.165, 1.54) is 4.31 Å². The summed E-state index contributed by atoms with van der Waals surface area (Å²) in [4.78, 5) is 0.171. The maximum Gasteiger partial charge on any atom is 0.244 e. The van der Waals surface area contributed by atoms with Crippen molar-refractivity contribution in [3.05, 3.63) is 28.8 Å². The third-order valence-electron chi connectivity index (χ3n) is 3.49. The number of hydrogen-bond acceptors (Lipinski definition) is 3. The number of aliphatic hydroxyl groups is 1. The summed E-state index contributed by atoms with van der Waals surface area (Å²) in [6.45, 7) is 2.93. The minimum absolute atomic E-state index is 0.101. The van der Waals surface area contributed by atoms with Crippen LogP contribution in [0.5, 0.6) is 0 Å². The SMILES string of the molecule is Cc1ccc(S(=O)(=O)N2CCC(CCO)C2)c(Cl)c1. The van der Waals surface area contributed by atoms with Crippen LogP contribution in [0.25, 0.3) is 0 Å². The van der Waals surface area contributed by atoms with E-state index in [0.717, 1.165) is 12.0 Å². The van der Waals surface area contributed by atoms with Crippen molar-refractivity contribution in [3.8, 4) is 0 Å². The van der Waals surface area contributed by atoms with Crippen LogP contribution in [0, 0.1) is 12.8 Å². The molecule has 1 aliphatic heterocycles. The lowest BCUT2D eigenvalue weighted by molar-refractivity contribution is 0.259. The van der Waals surface area contributed by atoms with Gasteiger partial charge in [0.05, 0.1) is 5.02 Å². The molecule has 106 valence electrons. The van der Waals surface area contributed by atoms with Gasteiger partial charge in [0.2, 0.25) is 10.0 Å². The lowest BCUT2D eigenvalue weighted by Crippen LogP contribution is -2.29. The molecule has 0 aromatic heterocycles. The van der Waals surface area contributed by atoms with Crippen molar-refractivity contribution >= 4 is 21.6 Å².